The summed E-state index contributed by atoms with van der Waals surface area (Å²) in [7, 11) is 0. The van der Waals surface area contributed by atoms with Crippen LogP contribution in [0.15, 0.2) is 97.3 Å². The van der Waals surface area contributed by atoms with E-state index in [9.17, 15) is 9.59 Å². The zero-order valence-corrected chi connectivity index (χ0v) is 20.9. The minimum Gasteiger partial charge on any atom is -0.352 e. The average Bonchev–Trinajstić information content (AvgIpc) is 3.46. The summed E-state index contributed by atoms with van der Waals surface area (Å²) in [6.07, 6.45) is 5.77. The summed E-state index contributed by atoms with van der Waals surface area (Å²) in [5.74, 6) is -0.0751. The molecule has 1 atom stereocenters. The Bertz CT molecular complexity index is 1320. The minimum atomic E-state index is -0.179. The van der Waals surface area contributed by atoms with Crippen LogP contribution in [0.1, 0.15) is 29.5 Å². The van der Waals surface area contributed by atoms with E-state index in [1.54, 1.807) is 6.20 Å². The fraction of sp³-hybridized carbons (Fsp3) is 0.258. The Morgan fingerprint density at radius 1 is 0.892 bits per heavy atom. The quantitative estimate of drug-likeness (QED) is 0.388. The van der Waals surface area contributed by atoms with Crippen LogP contribution in [0, 0.1) is 5.92 Å². The van der Waals surface area contributed by atoms with Crippen molar-refractivity contribution in [1.29, 1.82) is 0 Å². The molecule has 2 amide bonds. The van der Waals surface area contributed by atoms with Gasteiger partial charge < -0.3 is 10.2 Å². The Kier molecular flexibility index (Phi) is 7.75. The van der Waals surface area contributed by atoms with Crippen LogP contribution in [0.4, 0.5) is 0 Å². The van der Waals surface area contributed by atoms with E-state index in [2.05, 4.69) is 46.8 Å². The molecule has 0 saturated carbocycles. The molecule has 1 saturated heterocycles. The number of carbonyl (C=O) groups excluding carboxylic acids is 2. The van der Waals surface area contributed by atoms with Crippen LogP contribution >= 0.6 is 0 Å². The summed E-state index contributed by atoms with van der Waals surface area (Å²) in [5.41, 5.74) is 5.48. The molecule has 37 heavy (non-hydrogen) atoms. The van der Waals surface area contributed by atoms with Crippen LogP contribution in [0.25, 0.3) is 11.1 Å². The van der Waals surface area contributed by atoms with Crippen LogP contribution in [0.3, 0.4) is 0 Å². The fourth-order valence-electron chi connectivity index (χ4n) is 4.95. The van der Waals surface area contributed by atoms with Crippen LogP contribution in [0.5, 0.6) is 0 Å². The number of benzene rings is 3. The predicted molar refractivity (Wildman–Crippen MR) is 145 cm³/mol. The lowest BCUT2D eigenvalue weighted by Crippen LogP contribution is -2.45. The fourth-order valence-corrected chi connectivity index (χ4v) is 4.95. The van der Waals surface area contributed by atoms with Gasteiger partial charge in [-0.05, 0) is 46.7 Å². The molecule has 6 heteroatoms. The second-order valence-corrected chi connectivity index (χ2v) is 9.62. The summed E-state index contributed by atoms with van der Waals surface area (Å²) in [5, 5.41) is 7.41. The van der Waals surface area contributed by atoms with Gasteiger partial charge in [-0.15, -0.1) is 0 Å². The van der Waals surface area contributed by atoms with Crippen molar-refractivity contribution in [2.24, 2.45) is 5.92 Å². The molecule has 6 nitrogen and oxygen atoms in total. The zero-order valence-electron chi connectivity index (χ0n) is 20.9. The number of carbonyl (C=O) groups is 2. The summed E-state index contributed by atoms with van der Waals surface area (Å²) in [6, 6.07) is 28.4. The van der Waals surface area contributed by atoms with Gasteiger partial charge in [0.05, 0.1) is 18.9 Å². The molecule has 1 unspecified atom stereocenters. The first-order chi connectivity index (χ1) is 18.2. The molecule has 0 radical (unpaired) electrons. The van der Waals surface area contributed by atoms with Crippen molar-refractivity contribution in [1.82, 2.24) is 20.0 Å². The molecule has 1 fully saturated rings. The van der Waals surface area contributed by atoms with E-state index >= 15 is 0 Å². The van der Waals surface area contributed by atoms with E-state index in [0.717, 1.165) is 41.6 Å². The number of likely N-dealkylation sites (tertiary alicyclic amines) is 1. The number of hydrogen-bond donors (Lipinski definition) is 1. The van der Waals surface area contributed by atoms with Crippen molar-refractivity contribution in [3.63, 3.8) is 0 Å². The molecular weight excluding hydrogens is 460 g/mol. The van der Waals surface area contributed by atoms with E-state index in [1.165, 1.54) is 5.56 Å². The molecule has 2 heterocycles. The molecule has 4 aromatic rings. The first-order valence-corrected chi connectivity index (χ1v) is 12.9. The van der Waals surface area contributed by atoms with Gasteiger partial charge in [-0.3, -0.25) is 14.3 Å². The van der Waals surface area contributed by atoms with E-state index in [0.29, 0.717) is 26.1 Å². The smallest absolute Gasteiger partial charge is 0.227 e. The second-order valence-electron chi connectivity index (χ2n) is 9.62. The van der Waals surface area contributed by atoms with E-state index in [-0.39, 0.29) is 17.7 Å². The van der Waals surface area contributed by atoms with Gasteiger partial charge in [0.25, 0.3) is 0 Å². The highest BCUT2D eigenvalue weighted by Crippen LogP contribution is 2.25. The Hall–Kier alpha value is -4.19. The highest BCUT2D eigenvalue weighted by Gasteiger charge is 2.28. The normalized spacial score (nSPS) is 15.4. The van der Waals surface area contributed by atoms with Crippen molar-refractivity contribution in [2.45, 2.75) is 32.4 Å². The molecular formula is C31H32N4O2. The van der Waals surface area contributed by atoms with Crippen LogP contribution in [0.2, 0.25) is 0 Å². The number of hydrogen-bond acceptors (Lipinski definition) is 3. The SMILES string of the molecule is O=C(NCc1ccccc1-c1ccc(Cn2cccn2)cc1)C1CCCN(C(=O)Cc2ccccc2)C1. The van der Waals surface area contributed by atoms with Gasteiger partial charge in [-0.25, -0.2) is 0 Å². The number of rotatable bonds is 8. The molecule has 3 aromatic carbocycles. The Morgan fingerprint density at radius 3 is 2.46 bits per heavy atom. The van der Waals surface area contributed by atoms with Gasteiger partial charge in [0.2, 0.25) is 11.8 Å². The highest BCUT2D eigenvalue weighted by atomic mass is 16.2. The van der Waals surface area contributed by atoms with Crippen molar-refractivity contribution in [2.75, 3.05) is 13.1 Å². The molecule has 0 aliphatic carbocycles. The molecule has 0 bridgehead atoms. The lowest BCUT2D eigenvalue weighted by atomic mass is 9.95. The standard InChI is InChI=1S/C31H32N4O2/c36-30(20-24-8-2-1-3-9-24)34-18-6-11-28(23-34)31(37)32-21-27-10-4-5-12-29(27)26-15-13-25(14-16-26)22-35-19-7-17-33-35/h1-5,7-10,12-17,19,28H,6,11,18,20-23H2,(H,32,37). The molecule has 5 rings (SSSR count). The van der Waals surface area contributed by atoms with Gasteiger partial charge in [0.1, 0.15) is 0 Å². The third kappa shape index (κ3) is 6.33. The van der Waals surface area contributed by atoms with Gasteiger partial charge in [0.15, 0.2) is 0 Å². The molecule has 188 valence electrons. The first-order valence-electron chi connectivity index (χ1n) is 12.9. The number of nitrogens with zero attached hydrogens (tertiary/aromatic N) is 3. The topological polar surface area (TPSA) is 67.2 Å². The van der Waals surface area contributed by atoms with Crippen molar-refractivity contribution in [3.05, 3.63) is 114 Å². The number of amides is 2. The van der Waals surface area contributed by atoms with E-state index in [1.807, 2.05) is 64.3 Å². The number of nitrogens with one attached hydrogen (secondary N) is 1. The summed E-state index contributed by atoms with van der Waals surface area (Å²) < 4.78 is 1.90. The van der Waals surface area contributed by atoms with Gasteiger partial charge >= 0.3 is 0 Å². The van der Waals surface area contributed by atoms with Gasteiger partial charge in [0, 0.05) is 32.0 Å². The maximum absolute atomic E-state index is 13.1. The lowest BCUT2D eigenvalue weighted by Gasteiger charge is -2.32. The first kappa shape index (κ1) is 24.5. The van der Waals surface area contributed by atoms with E-state index in [4.69, 9.17) is 0 Å². The third-order valence-electron chi connectivity index (χ3n) is 6.98. The Labute approximate surface area is 217 Å². The Morgan fingerprint density at radius 2 is 1.68 bits per heavy atom. The monoisotopic (exact) mass is 492 g/mol. The van der Waals surface area contributed by atoms with Crippen LogP contribution < -0.4 is 5.32 Å². The molecule has 1 aromatic heterocycles. The summed E-state index contributed by atoms with van der Waals surface area (Å²) >= 11 is 0. The van der Waals surface area contributed by atoms with Crippen LogP contribution in [-0.4, -0.2) is 39.6 Å². The van der Waals surface area contributed by atoms with Crippen LogP contribution in [-0.2, 0) is 29.1 Å². The van der Waals surface area contributed by atoms with Crippen molar-refractivity contribution < 1.29 is 9.59 Å². The minimum absolute atomic E-state index is 0.0154. The largest absolute Gasteiger partial charge is 0.352 e. The molecule has 1 aliphatic heterocycles. The number of piperidine rings is 1. The number of aromatic nitrogens is 2. The highest BCUT2D eigenvalue weighted by molar-refractivity contribution is 5.82. The molecule has 1 aliphatic rings. The van der Waals surface area contributed by atoms with Crippen molar-refractivity contribution in [3.8, 4) is 11.1 Å². The lowest BCUT2D eigenvalue weighted by molar-refractivity contribution is -0.135. The molecule has 0 spiro atoms. The maximum Gasteiger partial charge on any atom is 0.227 e. The van der Waals surface area contributed by atoms with Gasteiger partial charge in [-0.2, -0.15) is 5.10 Å². The predicted octanol–water partition coefficient (Wildman–Crippen LogP) is 4.70. The summed E-state index contributed by atoms with van der Waals surface area (Å²) in [4.78, 5) is 27.7. The maximum atomic E-state index is 13.1. The molecule has 1 N–H and O–H groups in total. The third-order valence-corrected chi connectivity index (χ3v) is 6.98. The average molecular weight is 493 g/mol. The van der Waals surface area contributed by atoms with Gasteiger partial charge in [-0.1, -0.05) is 78.9 Å². The van der Waals surface area contributed by atoms with Crippen molar-refractivity contribution >= 4 is 11.8 Å². The summed E-state index contributed by atoms with van der Waals surface area (Å²) in [6.45, 7) is 2.39. The van der Waals surface area contributed by atoms with E-state index < -0.39 is 0 Å². The zero-order chi connectivity index (χ0) is 25.5. The Balaban J connectivity index is 1.19. The second kappa shape index (κ2) is 11.7.